The summed E-state index contributed by atoms with van der Waals surface area (Å²) in [4.78, 5) is 0. The topological polar surface area (TPSA) is 41.9 Å². The third-order valence-electron chi connectivity index (χ3n) is 2.81. The smallest absolute Gasteiger partial charge is 0.0537 e. The van der Waals surface area contributed by atoms with Crippen LogP contribution in [0.3, 0.4) is 0 Å². The quantitative estimate of drug-likeness (QED) is 0.763. The second-order valence-electron chi connectivity index (χ2n) is 4.72. The van der Waals surface area contributed by atoms with Gasteiger partial charge in [-0.2, -0.15) is 5.10 Å². The average molecular weight is 224 g/mol. The van der Waals surface area contributed by atoms with Gasteiger partial charge in [0.1, 0.15) is 0 Å². The minimum atomic E-state index is 0.474. The maximum absolute atomic E-state index is 4.23. The molecule has 1 unspecified atom stereocenters. The Kier molecular flexibility index (Phi) is 4.96. The van der Waals surface area contributed by atoms with E-state index < -0.39 is 0 Å². The molecule has 4 heteroatoms. The van der Waals surface area contributed by atoms with Crippen molar-refractivity contribution in [3.8, 4) is 0 Å². The number of nitrogens with one attached hydrogen (secondary N) is 2. The van der Waals surface area contributed by atoms with Gasteiger partial charge >= 0.3 is 0 Å². The van der Waals surface area contributed by atoms with Gasteiger partial charge in [0, 0.05) is 43.5 Å². The molecule has 1 aromatic heterocycles. The Morgan fingerprint density at radius 3 is 2.50 bits per heavy atom. The van der Waals surface area contributed by atoms with Crippen LogP contribution in [-0.2, 0) is 13.6 Å². The zero-order valence-corrected chi connectivity index (χ0v) is 11.0. The normalized spacial score (nSPS) is 13.4. The number of aromatic nitrogens is 2. The third kappa shape index (κ3) is 3.94. The van der Waals surface area contributed by atoms with Crippen molar-refractivity contribution < 1.29 is 0 Å². The molecule has 0 spiro atoms. The number of nitrogens with zero attached hydrogens (tertiary/aromatic N) is 2. The molecule has 0 radical (unpaired) electrons. The van der Waals surface area contributed by atoms with E-state index in [-0.39, 0.29) is 0 Å². The summed E-state index contributed by atoms with van der Waals surface area (Å²) in [7, 11) is 1.97. The van der Waals surface area contributed by atoms with Crippen LogP contribution in [0.1, 0.15) is 32.0 Å². The van der Waals surface area contributed by atoms with Gasteiger partial charge in [0.25, 0.3) is 0 Å². The van der Waals surface area contributed by atoms with Crippen molar-refractivity contribution in [3.05, 3.63) is 17.5 Å². The van der Waals surface area contributed by atoms with Crippen LogP contribution in [0.15, 0.2) is 6.20 Å². The van der Waals surface area contributed by atoms with Gasteiger partial charge in [0.15, 0.2) is 0 Å². The fourth-order valence-corrected chi connectivity index (χ4v) is 1.49. The number of hydrogen-bond acceptors (Lipinski definition) is 3. The molecular formula is C12H24N4. The van der Waals surface area contributed by atoms with E-state index in [9.17, 15) is 0 Å². The molecule has 0 aliphatic heterocycles. The Labute approximate surface area is 98.4 Å². The molecular weight excluding hydrogens is 200 g/mol. The Morgan fingerprint density at radius 1 is 1.31 bits per heavy atom. The summed E-state index contributed by atoms with van der Waals surface area (Å²) in [5.74, 6) is 0. The zero-order chi connectivity index (χ0) is 12.1. The summed E-state index contributed by atoms with van der Waals surface area (Å²) in [6, 6.07) is 1.02. The minimum Gasteiger partial charge on any atom is -0.313 e. The highest BCUT2D eigenvalue weighted by Gasteiger charge is 2.06. The molecule has 0 fully saturated rings. The highest BCUT2D eigenvalue weighted by molar-refractivity contribution is 5.15. The first-order valence-electron chi connectivity index (χ1n) is 5.95. The van der Waals surface area contributed by atoms with Crippen LogP contribution >= 0.6 is 0 Å². The summed E-state index contributed by atoms with van der Waals surface area (Å²) in [5, 5.41) is 11.1. The van der Waals surface area contributed by atoms with Crippen molar-refractivity contribution in [3.63, 3.8) is 0 Å². The van der Waals surface area contributed by atoms with Gasteiger partial charge in [-0.15, -0.1) is 0 Å². The summed E-state index contributed by atoms with van der Waals surface area (Å²) in [5.41, 5.74) is 2.51. The highest BCUT2D eigenvalue weighted by atomic mass is 15.3. The molecule has 0 aromatic carbocycles. The maximum Gasteiger partial charge on any atom is 0.0537 e. The third-order valence-corrected chi connectivity index (χ3v) is 2.81. The van der Waals surface area contributed by atoms with E-state index in [1.807, 2.05) is 17.9 Å². The summed E-state index contributed by atoms with van der Waals surface area (Å²) >= 11 is 0. The molecule has 92 valence electrons. The van der Waals surface area contributed by atoms with E-state index in [0.717, 1.165) is 13.1 Å². The van der Waals surface area contributed by atoms with Gasteiger partial charge < -0.3 is 10.6 Å². The van der Waals surface area contributed by atoms with Crippen LogP contribution in [-0.4, -0.2) is 28.4 Å². The Bertz CT molecular complexity index is 317. The molecule has 4 nitrogen and oxygen atoms in total. The Hall–Kier alpha value is -0.870. The SMILES string of the molecule is Cc1c(CNC(C)CNC(C)C)cnn1C. The number of rotatable bonds is 6. The molecule has 0 saturated carbocycles. The largest absolute Gasteiger partial charge is 0.313 e. The molecule has 16 heavy (non-hydrogen) atoms. The first kappa shape index (κ1) is 13.2. The molecule has 1 atom stereocenters. The molecule has 0 bridgehead atoms. The predicted molar refractivity (Wildman–Crippen MR) is 67.4 cm³/mol. The van der Waals surface area contributed by atoms with Crippen molar-refractivity contribution in [1.29, 1.82) is 0 Å². The van der Waals surface area contributed by atoms with Crippen molar-refractivity contribution in [2.45, 2.75) is 46.3 Å². The van der Waals surface area contributed by atoms with Crippen molar-refractivity contribution in [2.75, 3.05) is 6.54 Å². The van der Waals surface area contributed by atoms with Crippen molar-refractivity contribution in [2.24, 2.45) is 7.05 Å². The van der Waals surface area contributed by atoms with Crippen LogP contribution < -0.4 is 10.6 Å². The van der Waals surface area contributed by atoms with Crippen molar-refractivity contribution in [1.82, 2.24) is 20.4 Å². The summed E-state index contributed by atoms with van der Waals surface area (Å²) in [6.07, 6.45) is 1.94. The van der Waals surface area contributed by atoms with E-state index in [0.29, 0.717) is 12.1 Å². The van der Waals surface area contributed by atoms with E-state index in [1.165, 1.54) is 11.3 Å². The molecule has 1 heterocycles. The molecule has 0 aliphatic carbocycles. The fraction of sp³-hybridized carbons (Fsp3) is 0.750. The Morgan fingerprint density at radius 2 is 2.00 bits per heavy atom. The van der Waals surface area contributed by atoms with E-state index in [4.69, 9.17) is 0 Å². The second-order valence-corrected chi connectivity index (χ2v) is 4.72. The molecule has 0 aliphatic rings. The van der Waals surface area contributed by atoms with Crippen LogP contribution in [0, 0.1) is 6.92 Å². The van der Waals surface area contributed by atoms with Crippen LogP contribution in [0.25, 0.3) is 0 Å². The summed E-state index contributed by atoms with van der Waals surface area (Å²) < 4.78 is 1.91. The lowest BCUT2D eigenvalue weighted by Gasteiger charge is -2.16. The Balaban J connectivity index is 2.31. The van der Waals surface area contributed by atoms with Crippen LogP contribution in [0.5, 0.6) is 0 Å². The van der Waals surface area contributed by atoms with E-state index in [2.05, 4.69) is 43.4 Å². The van der Waals surface area contributed by atoms with Gasteiger partial charge in [0.2, 0.25) is 0 Å². The number of aryl methyl sites for hydroxylation is 1. The van der Waals surface area contributed by atoms with Gasteiger partial charge in [-0.25, -0.2) is 0 Å². The lowest BCUT2D eigenvalue weighted by atomic mass is 10.2. The lowest BCUT2D eigenvalue weighted by Crippen LogP contribution is -2.38. The van der Waals surface area contributed by atoms with Gasteiger partial charge in [-0.05, 0) is 13.8 Å². The van der Waals surface area contributed by atoms with E-state index >= 15 is 0 Å². The second kappa shape index (κ2) is 6.01. The molecule has 2 N–H and O–H groups in total. The van der Waals surface area contributed by atoms with Crippen LogP contribution in [0.4, 0.5) is 0 Å². The molecule has 0 amide bonds. The van der Waals surface area contributed by atoms with Crippen LogP contribution in [0.2, 0.25) is 0 Å². The van der Waals surface area contributed by atoms with E-state index in [1.54, 1.807) is 0 Å². The minimum absolute atomic E-state index is 0.474. The van der Waals surface area contributed by atoms with Gasteiger partial charge in [0.05, 0.1) is 6.20 Å². The molecule has 1 rings (SSSR count). The number of hydrogen-bond donors (Lipinski definition) is 2. The predicted octanol–water partition coefficient (Wildman–Crippen LogP) is 1.20. The molecule has 1 aromatic rings. The van der Waals surface area contributed by atoms with Crippen molar-refractivity contribution >= 4 is 0 Å². The zero-order valence-electron chi connectivity index (χ0n) is 11.0. The highest BCUT2D eigenvalue weighted by Crippen LogP contribution is 2.04. The first-order valence-corrected chi connectivity index (χ1v) is 5.95. The molecule has 0 saturated heterocycles. The van der Waals surface area contributed by atoms with Gasteiger partial charge in [-0.1, -0.05) is 13.8 Å². The monoisotopic (exact) mass is 224 g/mol. The fourth-order valence-electron chi connectivity index (χ4n) is 1.49. The average Bonchev–Trinajstić information content (AvgIpc) is 2.54. The standard InChI is InChI=1S/C12H24N4/c1-9(2)13-6-10(3)14-7-12-8-15-16(5)11(12)4/h8-10,13-14H,6-7H2,1-5H3. The summed E-state index contributed by atoms with van der Waals surface area (Å²) in [6.45, 7) is 10.5. The first-order chi connectivity index (χ1) is 7.50. The lowest BCUT2D eigenvalue weighted by molar-refractivity contribution is 0.473. The van der Waals surface area contributed by atoms with Gasteiger partial charge in [-0.3, -0.25) is 4.68 Å². The maximum atomic E-state index is 4.23.